The number of carbonyl (C=O) groups excluding carboxylic acids is 1. The predicted octanol–water partition coefficient (Wildman–Crippen LogP) is 0.462. The van der Waals surface area contributed by atoms with Crippen LogP contribution in [0.25, 0.3) is 0 Å². The molecule has 1 amide bonds. The lowest BCUT2D eigenvalue weighted by atomic mass is 10.2. The lowest BCUT2D eigenvalue weighted by Crippen LogP contribution is -2.47. The number of hydrogen-bond acceptors (Lipinski definition) is 5. The van der Waals surface area contributed by atoms with Gasteiger partial charge in [-0.1, -0.05) is 6.07 Å². The van der Waals surface area contributed by atoms with Gasteiger partial charge >= 0.3 is 0 Å². The first-order valence-electron chi connectivity index (χ1n) is 8.70. The molecule has 1 atom stereocenters. The summed E-state index contributed by atoms with van der Waals surface area (Å²) in [6.07, 6.45) is 4.83. The highest BCUT2D eigenvalue weighted by atomic mass is 16.1. The summed E-state index contributed by atoms with van der Waals surface area (Å²) >= 11 is 0. The number of hydrogen-bond donors (Lipinski definition) is 2. The van der Waals surface area contributed by atoms with Crippen molar-refractivity contribution < 1.29 is 4.79 Å². The number of nitrogens with one attached hydrogen (secondary N) is 2. The Balaban J connectivity index is 1.32. The van der Waals surface area contributed by atoms with Gasteiger partial charge in [0.15, 0.2) is 0 Å². The molecule has 2 saturated heterocycles. The highest BCUT2D eigenvalue weighted by Gasteiger charge is 2.19. The average molecular weight is 317 g/mol. The van der Waals surface area contributed by atoms with Gasteiger partial charge in [0.2, 0.25) is 5.91 Å². The zero-order chi connectivity index (χ0) is 15.9. The van der Waals surface area contributed by atoms with Gasteiger partial charge in [0.25, 0.3) is 0 Å². The summed E-state index contributed by atoms with van der Waals surface area (Å²) in [6.45, 7) is 6.64. The van der Waals surface area contributed by atoms with Crippen LogP contribution in [0.3, 0.4) is 0 Å². The van der Waals surface area contributed by atoms with E-state index in [0.717, 1.165) is 51.6 Å². The van der Waals surface area contributed by atoms with Crippen LogP contribution in [0, 0.1) is 0 Å². The predicted molar refractivity (Wildman–Crippen MR) is 91.5 cm³/mol. The van der Waals surface area contributed by atoms with E-state index in [4.69, 9.17) is 0 Å². The highest BCUT2D eigenvalue weighted by Crippen LogP contribution is 2.12. The number of aromatic nitrogens is 1. The number of pyridine rings is 1. The van der Waals surface area contributed by atoms with Gasteiger partial charge in [0.1, 0.15) is 5.82 Å². The number of rotatable bonds is 6. The molecule has 3 rings (SSSR count). The van der Waals surface area contributed by atoms with Gasteiger partial charge in [-0.05, 0) is 31.5 Å². The summed E-state index contributed by atoms with van der Waals surface area (Å²) < 4.78 is 0. The first kappa shape index (κ1) is 16.2. The monoisotopic (exact) mass is 317 g/mol. The summed E-state index contributed by atoms with van der Waals surface area (Å²) in [6, 6.07) is 6.50. The highest BCUT2D eigenvalue weighted by molar-refractivity contribution is 5.76. The van der Waals surface area contributed by atoms with Gasteiger partial charge in [-0.2, -0.15) is 0 Å². The van der Waals surface area contributed by atoms with E-state index in [1.165, 1.54) is 12.8 Å². The molecular formula is C17H27N5O. The van der Waals surface area contributed by atoms with Gasteiger partial charge in [0.05, 0.1) is 0 Å². The Morgan fingerprint density at radius 3 is 2.87 bits per heavy atom. The van der Waals surface area contributed by atoms with Crippen LogP contribution in [0.5, 0.6) is 0 Å². The molecule has 1 unspecified atom stereocenters. The number of anilines is 1. The maximum atomic E-state index is 11.9. The Morgan fingerprint density at radius 2 is 2.17 bits per heavy atom. The Morgan fingerprint density at radius 1 is 1.30 bits per heavy atom. The van der Waals surface area contributed by atoms with Gasteiger partial charge < -0.3 is 15.5 Å². The van der Waals surface area contributed by atoms with Crippen LogP contribution >= 0.6 is 0 Å². The number of nitrogens with zero attached hydrogens (tertiary/aromatic N) is 3. The third kappa shape index (κ3) is 4.91. The van der Waals surface area contributed by atoms with Gasteiger partial charge in [0, 0.05) is 57.9 Å². The minimum absolute atomic E-state index is 0.172. The number of carbonyl (C=O) groups is 1. The van der Waals surface area contributed by atoms with Crippen LogP contribution in [-0.4, -0.2) is 67.6 Å². The van der Waals surface area contributed by atoms with Crippen LogP contribution in [0.4, 0.5) is 5.82 Å². The summed E-state index contributed by atoms with van der Waals surface area (Å²) in [5.74, 6) is 1.22. The quantitative estimate of drug-likeness (QED) is 0.798. The molecule has 0 bridgehead atoms. The van der Waals surface area contributed by atoms with Crippen molar-refractivity contribution in [1.82, 2.24) is 20.5 Å². The molecule has 1 aromatic rings. The van der Waals surface area contributed by atoms with E-state index in [0.29, 0.717) is 12.5 Å². The van der Waals surface area contributed by atoms with Crippen LogP contribution < -0.4 is 15.5 Å². The summed E-state index contributed by atoms with van der Waals surface area (Å²) in [7, 11) is 0. The van der Waals surface area contributed by atoms with E-state index in [2.05, 4.69) is 31.5 Å². The van der Waals surface area contributed by atoms with Gasteiger partial charge in [-0.3, -0.25) is 9.69 Å². The van der Waals surface area contributed by atoms with Gasteiger partial charge in [-0.15, -0.1) is 0 Å². The average Bonchev–Trinajstić information content (AvgIpc) is 3.13. The normalized spacial score (nSPS) is 22.3. The second-order valence-corrected chi connectivity index (χ2v) is 6.36. The molecule has 1 aromatic heterocycles. The van der Waals surface area contributed by atoms with Crippen molar-refractivity contribution in [3.8, 4) is 0 Å². The van der Waals surface area contributed by atoms with Crippen molar-refractivity contribution in [2.24, 2.45) is 0 Å². The standard InChI is InChI=1S/C17H27N5O/c23-17(20-14-15-4-3-8-18-15)6-9-21-10-12-22(13-11-21)16-5-1-2-7-19-16/h1-2,5,7,15,18H,3-4,6,8-14H2,(H,20,23). The third-order valence-electron chi connectivity index (χ3n) is 4.71. The fourth-order valence-corrected chi connectivity index (χ4v) is 3.26. The second kappa shape index (κ2) is 8.26. The van der Waals surface area contributed by atoms with E-state index in [1.807, 2.05) is 18.3 Å². The molecule has 3 heterocycles. The molecule has 0 radical (unpaired) electrons. The lowest BCUT2D eigenvalue weighted by Gasteiger charge is -2.35. The maximum Gasteiger partial charge on any atom is 0.221 e. The molecule has 0 spiro atoms. The molecule has 2 N–H and O–H groups in total. The molecule has 6 heteroatoms. The van der Waals surface area contributed by atoms with Crippen LogP contribution in [0.1, 0.15) is 19.3 Å². The largest absolute Gasteiger partial charge is 0.354 e. The molecular weight excluding hydrogens is 290 g/mol. The molecule has 0 aliphatic carbocycles. The van der Waals surface area contributed by atoms with Crippen molar-refractivity contribution in [2.45, 2.75) is 25.3 Å². The Hall–Kier alpha value is -1.66. The summed E-state index contributed by atoms with van der Waals surface area (Å²) in [4.78, 5) is 21.0. The van der Waals surface area contributed by atoms with Crippen LogP contribution in [-0.2, 0) is 4.79 Å². The summed E-state index contributed by atoms with van der Waals surface area (Å²) in [5.41, 5.74) is 0. The number of piperazine rings is 1. The molecule has 23 heavy (non-hydrogen) atoms. The van der Waals surface area contributed by atoms with Crippen molar-refractivity contribution in [3.05, 3.63) is 24.4 Å². The first-order chi connectivity index (χ1) is 11.3. The van der Waals surface area contributed by atoms with Crippen molar-refractivity contribution in [2.75, 3.05) is 50.7 Å². The Labute approximate surface area is 138 Å². The number of amides is 1. The fraction of sp³-hybridized carbons (Fsp3) is 0.647. The van der Waals surface area contributed by atoms with E-state index < -0.39 is 0 Å². The Kier molecular flexibility index (Phi) is 5.82. The molecule has 126 valence electrons. The maximum absolute atomic E-state index is 11.9. The van der Waals surface area contributed by atoms with Gasteiger partial charge in [-0.25, -0.2) is 4.98 Å². The molecule has 6 nitrogen and oxygen atoms in total. The first-order valence-corrected chi connectivity index (χ1v) is 8.70. The lowest BCUT2D eigenvalue weighted by molar-refractivity contribution is -0.121. The van der Waals surface area contributed by atoms with Crippen LogP contribution in [0.2, 0.25) is 0 Å². The summed E-state index contributed by atoms with van der Waals surface area (Å²) in [5, 5.41) is 6.45. The molecule has 0 saturated carbocycles. The minimum Gasteiger partial charge on any atom is -0.354 e. The Bertz CT molecular complexity index is 481. The van der Waals surface area contributed by atoms with Crippen molar-refractivity contribution in [3.63, 3.8) is 0 Å². The molecule has 2 fully saturated rings. The SMILES string of the molecule is O=C(CCN1CCN(c2ccccn2)CC1)NCC1CCCN1. The van der Waals surface area contributed by atoms with E-state index in [1.54, 1.807) is 0 Å². The van der Waals surface area contributed by atoms with E-state index >= 15 is 0 Å². The second-order valence-electron chi connectivity index (χ2n) is 6.36. The molecule has 2 aliphatic rings. The molecule has 0 aromatic carbocycles. The third-order valence-corrected chi connectivity index (χ3v) is 4.71. The smallest absolute Gasteiger partial charge is 0.221 e. The van der Waals surface area contributed by atoms with Crippen LogP contribution in [0.15, 0.2) is 24.4 Å². The minimum atomic E-state index is 0.172. The van der Waals surface area contributed by atoms with E-state index in [9.17, 15) is 4.79 Å². The van der Waals surface area contributed by atoms with E-state index in [-0.39, 0.29) is 5.91 Å². The topological polar surface area (TPSA) is 60.5 Å². The zero-order valence-electron chi connectivity index (χ0n) is 13.7. The van der Waals surface area contributed by atoms with Crippen molar-refractivity contribution in [1.29, 1.82) is 0 Å². The van der Waals surface area contributed by atoms with Crippen molar-refractivity contribution >= 4 is 11.7 Å². The fourth-order valence-electron chi connectivity index (χ4n) is 3.26. The zero-order valence-corrected chi connectivity index (χ0v) is 13.7. The molecule has 2 aliphatic heterocycles.